The van der Waals surface area contributed by atoms with Crippen LogP contribution >= 0.6 is 0 Å². The monoisotopic (exact) mass is 156 g/mol. The van der Waals surface area contributed by atoms with Crippen LogP contribution in [-0.4, -0.2) is 19.0 Å². The van der Waals surface area contributed by atoms with Crippen LogP contribution in [0.3, 0.4) is 0 Å². The molecule has 1 unspecified atom stereocenters. The predicted molar refractivity (Wildman–Crippen MR) is 46.1 cm³/mol. The van der Waals surface area contributed by atoms with Gasteiger partial charge < -0.3 is 10.5 Å². The van der Waals surface area contributed by atoms with Crippen LogP contribution in [-0.2, 0) is 4.79 Å². The van der Waals surface area contributed by atoms with E-state index in [1.807, 2.05) is 19.1 Å². The van der Waals surface area contributed by atoms with Crippen molar-refractivity contribution in [2.75, 3.05) is 6.54 Å². The minimum Gasteiger partial charge on any atom is -0.313 e. The Kier molecular flexibility index (Phi) is 6.98. The number of hydrogen-bond donors (Lipinski definition) is 2. The van der Waals surface area contributed by atoms with E-state index in [9.17, 15) is 4.79 Å². The highest BCUT2D eigenvalue weighted by molar-refractivity contribution is 5.48. The van der Waals surface area contributed by atoms with E-state index in [4.69, 9.17) is 5.73 Å². The van der Waals surface area contributed by atoms with Gasteiger partial charge in [-0.05, 0) is 19.9 Å². The number of unbranched alkanes of at least 4 members (excludes halogenated alkanes) is 1. The molecule has 0 aliphatic rings. The van der Waals surface area contributed by atoms with Gasteiger partial charge in [0.2, 0.25) is 0 Å². The van der Waals surface area contributed by atoms with Crippen molar-refractivity contribution in [3.05, 3.63) is 12.2 Å². The second kappa shape index (κ2) is 7.44. The molecule has 11 heavy (non-hydrogen) atoms. The first kappa shape index (κ1) is 10.3. The third kappa shape index (κ3) is 7.22. The maximum absolute atomic E-state index is 9.90. The standard InChI is InChI=1S/C8H16N2O/c1-2-5-8(9)10-6-3-4-7-11/h2,5,7-8,10H,3-4,6,9H2,1H3/b5-2-. The molecule has 0 aromatic heterocycles. The van der Waals surface area contributed by atoms with Crippen molar-refractivity contribution in [3.8, 4) is 0 Å². The fourth-order valence-corrected chi connectivity index (χ4v) is 0.730. The predicted octanol–water partition coefficient (Wildman–Crippen LogP) is 0.416. The SMILES string of the molecule is C/C=C\C(N)NCCCC=O. The number of rotatable bonds is 6. The molecular weight excluding hydrogens is 140 g/mol. The summed E-state index contributed by atoms with van der Waals surface area (Å²) in [5.74, 6) is 0. The summed E-state index contributed by atoms with van der Waals surface area (Å²) in [6, 6.07) is 0. The second-order valence-corrected chi connectivity index (χ2v) is 2.31. The van der Waals surface area contributed by atoms with Crippen LogP contribution in [0.4, 0.5) is 0 Å². The number of carbonyl (C=O) groups is 1. The molecule has 0 radical (unpaired) electrons. The van der Waals surface area contributed by atoms with Crippen LogP contribution in [0.1, 0.15) is 19.8 Å². The molecule has 64 valence electrons. The fraction of sp³-hybridized carbons (Fsp3) is 0.625. The molecule has 3 heteroatoms. The van der Waals surface area contributed by atoms with E-state index in [1.54, 1.807) is 0 Å². The highest BCUT2D eigenvalue weighted by Crippen LogP contribution is 1.82. The van der Waals surface area contributed by atoms with Gasteiger partial charge in [0.05, 0.1) is 6.17 Å². The van der Waals surface area contributed by atoms with E-state index in [2.05, 4.69) is 5.32 Å². The van der Waals surface area contributed by atoms with Gasteiger partial charge in [0.25, 0.3) is 0 Å². The Morgan fingerprint density at radius 1 is 1.64 bits per heavy atom. The van der Waals surface area contributed by atoms with Crippen molar-refractivity contribution < 1.29 is 4.79 Å². The third-order valence-electron chi connectivity index (χ3n) is 1.28. The van der Waals surface area contributed by atoms with Crippen molar-refractivity contribution in [2.24, 2.45) is 5.73 Å². The number of allylic oxidation sites excluding steroid dienone is 1. The molecule has 0 saturated heterocycles. The lowest BCUT2D eigenvalue weighted by Gasteiger charge is -2.07. The second-order valence-electron chi connectivity index (χ2n) is 2.31. The highest BCUT2D eigenvalue weighted by atomic mass is 16.1. The smallest absolute Gasteiger partial charge is 0.120 e. The summed E-state index contributed by atoms with van der Waals surface area (Å²) in [5.41, 5.74) is 5.58. The molecule has 3 N–H and O–H groups in total. The number of aldehydes is 1. The van der Waals surface area contributed by atoms with Gasteiger partial charge in [0.15, 0.2) is 0 Å². The van der Waals surface area contributed by atoms with E-state index in [-0.39, 0.29) is 6.17 Å². The van der Waals surface area contributed by atoms with Crippen LogP contribution in [0.25, 0.3) is 0 Å². The lowest BCUT2D eigenvalue weighted by Crippen LogP contribution is -2.35. The molecule has 0 spiro atoms. The normalized spacial score (nSPS) is 13.6. The lowest BCUT2D eigenvalue weighted by molar-refractivity contribution is -0.107. The Morgan fingerprint density at radius 3 is 2.91 bits per heavy atom. The summed E-state index contributed by atoms with van der Waals surface area (Å²) in [6.07, 6.45) is 6.08. The molecular formula is C8H16N2O. The zero-order chi connectivity index (χ0) is 8.53. The zero-order valence-corrected chi connectivity index (χ0v) is 6.92. The highest BCUT2D eigenvalue weighted by Gasteiger charge is 1.92. The summed E-state index contributed by atoms with van der Waals surface area (Å²) in [5, 5.41) is 3.05. The summed E-state index contributed by atoms with van der Waals surface area (Å²) in [7, 11) is 0. The van der Waals surface area contributed by atoms with Crippen molar-refractivity contribution in [1.29, 1.82) is 0 Å². The Morgan fingerprint density at radius 2 is 2.36 bits per heavy atom. The Hall–Kier alpha value is -0.670. The van der Waals surface area contributed by atoms with Crippen molar-refractivity contribution >= 4 is 6.29 Å². The van der Waals surface area contributed by atoms with E-state index in [0.29, 0.717) is 6.42 Å². The number of nitrogens with two attached hydrogens (primary N) is 1. The summed E-state index contributed by atoms with van der Waals surface area (Å²) in [4.78, 5) is 9.90. The number of carbonyl (C=O) groups excluding carboxylic acids is 1. The third-order valence-corrected chi connectivity index (χ3v) is 1.28. The first-order chi connectivity index (χ1) is 5.31. The van der Waals surface area contributed by atoms with Crippen molar-refractivity contribution in [3.63, 3.8) is 0 Å². The van der Waals surface area contributed by atoms with E-state index < -0.39 is 0 Å². The lowest BCUT2D eigenvalue weighted by atomic mass is 10.3. The number of hydrogen-bond acceptors (Lipinski definition) is 3. The average Bonchev–Trinajstić information content (AvgIpc) is 1.99. The first-order valence-electron chi connectivity index (χ1n) is 3.86. The largest absolute Gasteiger partial charge is 0.313 e. The summed E-state index contributed by atoms with van der Waals surface area (Å²) >= 11 is 0. The minimum absolute atomic E-state index is 0.0772. The molecule has 0 amide bonds. The van der Waals surface area contributed by atoms with E-state index in [1.165, 1.54) is 0 Å². The van der Waals surface area contributed by atoms with Crippen LogP contribution in [0.2, 0.25) is 0 Å². The molecule has 3 nitrogen and oxygen atoms in total. The van der Waals surface area contributed by atoms with Crippen LogP contribution in [0, 0.1) is 0 Å². The van der Waals surface area contributed by atoms with Gasteiger partial charge in [0.1, 0.15) is 6.29 Å². The van der Waals surface area contributed by atoms with Gasteiger partial charge in [-0.15, -0.1) is 0 Å². The number of nitrogens with one attached hydrogen (secondary N) is 1. The minimum atomic E-state index is -0.0772. The molecule has 0 aliphatic carbocycles. The van der Waals surface area contributed by atoms with Gasteiger partial charge in [-0.3, -0.25) is 5.32 Å². The molecule has 0 aromatic rings. The fourth-order valence-electron chi connectivity index (χ4n) is 0.730. The molecule has 0 heterocycles. The van der Waals surface area contributed by atoms with Gasteiger partial charge in [0, 0.05) is 6.42 Å². The van der Waals surface area contributed by atoms with Gasteiger partial charge in [-0.2, -0.15) is 0 Å². The average molecular weight is 156 g/mol. The Balaban J connectivity index is 3.16. The van der Waals surface area contributed by atoms with Crippen LogP contribution in [0.5, 0.6) is 0 Å². The van der Waals surface area contributed by atoms with Gasteiger partial charge >= 0.3 is 0 Å². The molecule has 0 bridgehead atoms. The molecule has 0 aliphatic heterocycles. The van der Waals surface area contributed by atoms with E-state index in [0.717, 1.165) is 19.3 Å². The maximum atomic E-state index is 9.90. The molecule has 0 aromatic carbocycles. The van der Waals surface area contributed by atoms with Crippen LogP contribution in [0.15, 0.2) is 12.2 Å². The molecule has 1 atom stereocenters. The Labute approximate surface area is 67.7 Å². The Bertz CT molecular complexity index is 123. The van der Waals surface area contributed by atoms with E-state index >= 15 is 0 Å². The quantitative estimate of drug-likeness (QED) is 0.253. The molecule has 0 fully saturated rings. The van der Waals surface area contributed by atoms with Gasteiger partial charge in [-0.1, -0.05) is 12.2 Å². The van der Waals surface area contributed by atoms with Crippen molar-refractivity contribution in [1.82, 2.24) is 5.32 Å². The molecule has 0 rings (SSSR count). The summed E-state index contributed by atoms with van der Waals surface area (Å²) < 4.78 is 0. The zero-order valence-electron chi connectivity index (χ0n) is 6.92. The van der Waals surface area contributed by atoms with Crippen molar-refractivity contribution in [2.45, 2.75) is 25.9 Å². The van der Waals surface area contributed by atoms with Crippen LogP contribution < -0.4 is 11.1 Å². The topological polar surface area (TPSA) is 55.1 Å². The molecule has 0 saturated carbocycles. The van der Waals surface area contributed by atoms with Gasteiger partial charge in [-0.25, -0.2) is 0 Å². The maximum Gasteiger partial charge on any atom is 0.120 e. The summed E-state index contributed by atoms with van der Waals surface area (Å²) in [6.45, 7) is 2.72. The first-order valence-corrected chi connectivity index (χ1v) is 3.86.